The van der Waals surface area contributed by atoms with Crippen molar-refractivity contribution >= 4 is 35.4 Å². The predicted octanol–water partition coefficient (Wildman–Crippen LogP) is 6.17. The standard InChI is InChI=1S/C17H17N3O2S.C10H8N2O2.C7H11NOS/c21-17(18-8-10-23-13-16-7-4-9-22-16)14-11-19-20(12-14)15-5-2-1-3-6-15;13-10(14)8-6-11-12(7-8)9-4-2-1-3-5-9;8-3-5-10-6-7-2-1-4-9-7/h1-7,9,11-12H,8,10,13H2,(H,18,21);1-7H,(H,13,14);1-2,4H,3,5-6,8H2. The Kier molecular flexibility index (Phi) is 14.5. The van der Waals surface area contributed by atoms with Gasteiger partial charge in [0.2, 0.25) is 0 Å². The van der Waals surface area contributed by atoms with Crippen molar-refractivity contribution in [1.29, 1.82) is 0 Å². The Hall–Kier alpha value is -4.98. The quantitative estimate of drug-likeness (QED) is 0.121. The second-order valence-corrected chi connectivity index (χ2v) is 11.8. The van der Waals surface area contributed by atoms with Crippen molar-refractivity contribution < 1.29 is 23.5 Å². The Bertz CT molecular complexity index is 1720. The van der Waals surface area contributed by atoms with E-state index in [9.17, 15) is 9.59 Å². The van der Waals surface area contributed by atoms with Gasteiger partial charge >= 0.3 is 5.97 Å². The molecule has 0 radical (unpaired) electrons. The molecule has 2 aromatic carbocycles. The molecule has 11 nitrogen and oxygen atoms in total. The zero-order chi connectivity index (χ0) is 33.1. The Morgan fingerprint density at radius 1 is 0.723 bits per heavy atom. The molecule has 0 atom stereocenters. The number of hydrogen-bond donors (Lipinski definition) is 3. The molecule has 0 saturated carbocycles. The summed E-state index contributed by atoms with van der Waals surface area (Å²) in [5, 5.41) is 19.8. The first kappa shape index (κ1) is 34.9. The lowest BCUT2D eigenvalue weighted by Gasteiger charge is -2.03. The van der Waals surface area contributed by atoms with Crippen LogP contribution in [0.2, 0.25) is 0 Å². The van der Waals surface area contributed by atoms with Crippen molar-refractivity contribution in [2.75, 3.05) is 24.6 Å². The number of furan rings is 2. The topological polar surface area (TPSA) is 154 Å². The minimum atomic E-state index is -0.966. The fraction of sp³-hybridized carbons (Fsp3) is 0.176. The van der Waals surface area contributed by atoms with Crippen molar-refractivity contribution in [3.63, 3.8) is 0 Å². The highest BCUT2D eigenvalue weighted by molar-refractivity contribution is 7.98. The number of rotatable bonds is 13. The third-order valence-corrected chi connectivity index (χ3v) is 8.15. The van der Waals surface area contributed by atoms with Crippen LogP contribution in [0.3, 0.4) is 0 Å². The lowest BCUT2D eigenvalue weighted by molar-refractivity contribution is 0.0696. The van der Waals surface area contributed by atoms with E-state index in [0.717, 1.165) is 52.5 Å². The summed E-state index contributed by atoms with van der Waals surface area (Å²) in [6, 6.07) is 26.8. The Morgan fingerprint density at radius 3 is 1.70 bits per heavy atom. The molecule has 1 amide bonds. The number of carboxylic acids is 1. The van der Waals surface area contributed by atoms with Gasteiger partial charge in [0.15, 0.2) is 0 Å². The van der Waals surface area contributed by atoms with Crippen LogP contribution in [-0.4, -0.2) is 61.1 Å². The number of carboxylic acid groups (broad SMARTS) is 1. The van der Waals surface area contributed by atoms with Gasteiger partial charge in [-0.1, -0.05) is 36.4 Å². The first-order valence-electron chi connectivity index (χ1n) is 14.7. The number of carbonyl (C=O) groups excluding carboxylic acids is 1. The van der Waals surface area contributed by atoms with Crippen molar-refractivity contribution in [3.05, 3.63) is 145 Å². The number of amides is 1. The number of nitrogens with one attached hydrogen (secondary N) is 1. The van der Waals surface area contributed by atoms with E-state index in [2.05, 4.69) is 15.5 Å². The van der Waals surface area contributed by atoms with E-state index in [0.29, 0.717) is 12.1 Å². The van der Waals surface area contributed by atoms with E-state index in [-0.39, 0.29) is 11.5 Å². The molecule has 0 spiro atoms. The molecule has 4 aromatic heterocycles. The summed E-state index contributed by atoms with van der Waals surface area (Å²) in [4.78, 5) is 22.7. The van der Waals surface area contributed by atoms with Crippen LogP contribution in [0.25, 0.3) is 11.4 Å². The molecular weight excluding hydrogens is 637 g/mol. The normalized spacial score (nSPS) is 10.3. The van der Waals surface area contributed by atoms with Crippen molar-refractivity contribution in [1.82, 2.24) is 24.9 Å². The van der Waals surface area contributed by atoms with E-state index in [1.807, 2.05) is 84.9 Å². The molecule has 13 heteroatoms. The third-order valence-electron chi connectivity index (χ3n) is 6.16. The maximum Gasteiger partial charge on any atom is 0.338 e. The maximum absolute atomic E-state index is 12.1. The summed E-state index contributed by atoms with van der Waals surface area (Å²) < 4.78 is 13.6. The van der Waals surface area contributed by atoms with Crippen molar-refractivity contribution in [2.24, 2.45) is 5.73 Å². The van der Waals surface area contributed by atoms with E-state index < -0.39 is 5.97 Å². The summed E-state index contributed by atoms with van der Waals surface area (Å²) in [6.07, 6.45) is 9.49. The van der Waals surface area contributed by atoms with Gasteiger partial charge in [-0.25, -0.2) is 14.2 Å². The van der Waals surface area contributed by atoms with Crippen LogP contribution in [0.15, 0.2) is 131 Å². The molecule has 0 aliphatic heterocycles. The number of thioether (sulfide) groups is 2. The van der Waals surface area contributed by atoms with E-state index >= 15 is 0 Å². The van der Waals surface area contributed by atoms with Crippen LogP contribution < -0.4 is 11.1 Å². The van der Waals surface area contributed by atoms with Gasteiger partial charge in [0, 0.05) is 37.0 Å². The molecule has 0 aliphatic rings. The molecule has 0 unspecified atom stereocenters. The minimum Gasteiger partial charge on any atom is -0.478 e. The van der Waals surface area contributed by atoms with Gasteiger partial charge in [0.05, 0.1) is 58.9 Å². The zero-order valence-electron chi connectivity index (χ0n) is 25.6. The number of nitrogens with two attached hydrogens (primary N) is 1. The number of benzene rings is 2. The Labute approximate surface area is 281 Å². The molecule has 4 N–H and O–H groups in total. The average molecular weight is 673 g/mol. The van der Waals surface area contributed by atoms with Crippen molar-refractivity contribution in [3.8, 4) is 11.4 Å². The molecule has 0 saturated heterocycles. The average Bonchev–Trinajstić information content (AvgIpc) is 3.94. The fourth-order valence-electron chi connectivity index (χ4n) is 3.87. The van der Waals surface area contributed by atoms with Crippen LogP contribution in [0.5, 0.6) is 0 Å². The summed E-state index contributed by atoms with van der Waals surface area (Å²) in [5.41, 5.74) is 7.84. The zero-order valence-corrected chi connectivity index (χ0v) is 27.2. The molecule has 0 fully saturated rings. The summed E-state index contributed by atoms with van der Waals surface area (Å²) >= 11 is 3.51. The van der Waals surface area contributed by atoms with Gasteiger partial charge in [-0.05, 0) is 48.5 Å². The molecule has 6 aromatic rings. The van der Waals surface area contributed by atoms with Crippen LogP contribution >= 0.6 is 23.5 Å². The summed E-state index contributed by atoms with van der Waals surface area (Å²) in [5.74, 6) is 4.49. The number of nitrogens with zero attached hydrogens (tertiary/aromatic N) is 4. The molecular formula is C34H36N6O5S2. The van der Waals surface area contributed by atoms with Gasteiger partial charge in [-0.2, -0.15) is 33.7 Å². The lowest BCUT2D eigenvalue weighted by atomic mass is 10.3. The van der Waals surface area contributed by atoms with Crippen molar-refractivity contribution in [2.45, 2.75) is 11.5 Å². The molecule has 244 valence electrons. The number of para-hydroxylation sites is 2. The van der Waals surface area contributed by atoms with Gasteiger partial charge in [0.1, 0.15) is 11.5 Å². The Balaban J connectivity index is 0.000000177. The SMILES string of the molecule is NCCSCc1ccco1.O=C(NCCSCc1ccco1)c1cnn(-c2ccccc2)c1.O=C(O)c1cnn(-c2ccccc2)c1. The van der Waals surface area contributed by atoms with Gasteiger partial charge < -0.3 is 25.0 Å². The molecule has 4 heterocycles. The molecule has 0 bridgehead atoms. The van der Waals surface area contributed by atoms with Crippen LogP contribution in [0, 0.1) is 0 Å². The highest BCUT2D eigenvalue weighted by Crippen LogP contribution is 2.13. The largest absolute Gasteiger partial charge is 0.478 e. The van der Waals surface area contributed by atoms with Crippen LogP contribution in [0.1, 0.15) is 32.2 Å². The van der Waals surface area contributed by atoms with Gasteiger partial charge in [0.25, 0.3) is 5.91 Å². The first-order chi connectivity index (χ1) is 23.0. The number of aromatic carboxylic acids is 1. The second-order valence-electron chi connectivity index (χ2n) is 9.63. The minimum absolute atomic E-state index is 0.106. The highest BCUT2D eigenvalue weighted by atomic mass is 32.2. The van der Waals surface area contributed by atoms with E-state index in [4.69, 9.17) is 19.7 Å². The predicted molar refractivity (Wildman–Crippen MR) is 185 cm³/mol. The lowest BCUT2D eigenvalue weighted by Crippen LogP contribution is -2.25. The van der Waals surface area contributed by atoms with E-state index in [1.54, 1.807) is 53.1 Å². The fourth-order valence-corrected chi connectivity index (χ4v) is 5.31. The molecule has 47 heavy (non-hydrogen) atoms. The van der Waals surface area contributed by atoms with E-state index in [1.165, 1.54) is 17.1 Å². The van der Waals surface area contributed by atoms with Gasteiger partial charge in [-0.3, -0.25) is 4.79 Å². The number of aromatic nitrogens is 4. The highest BCUT2D eigenvalue weighted by Gasteiger charge is 2.09. The van der Waals surface area contributed by atoms with Gasteiger partial charge in [-0.15, -0.1) is 0 Å². The Morgan fingerprint density at radius 2 is 1.23 bits per heavy atom. The number of carbonyl (C=O) groups is 2. The summed E-state index contributed by atoms with van der Waals surface area (Å²) in [7, 11) is 0. The monoisotopic (exact) mass is 672 g/mol. The molecule has 6 rings (SSSR count). The molecule has 0 aliphatic carbocycles. The maximum atomic E-state index is 12.1. The van der Waals surface area contributed by atoms with Crippen LogP contribution in [-0.2, 0) is 11.5 Å². The van der Waals surface area contributed by atoms with Crippen LogP contribution in [0.4, 0.5) is 0 Å². The number of hydrogen-bond acceptors (Lipinski definition) is 9. The third kappa shape index (κ3) is 12.0. The smallest absolute Gasteiger partial charge is 0.338 e. The summed E-state index contributed by atoms with van der Waals surface area (Å²) in [6.45, 7) is 1.35. The second kappa shape index (κ2) is 19.5. The first-order valence-corrected chi connectivity index (χ1v) is 17.0.